The van der Waals surface area contributed by atoms with E-state index in [1.807, 2.05) is 31.3 Å². The van der Waals surface area contributed by atoms with Crippen molar-refractivity contribution in [2.24, 2.45) is 7.05 Å². The third-order valence-corrected chi connectivity index (χ3v) is 4.97. The molecular formula is C16H15BrClN5O. The fourth-order valence-corrected chi connectivity index (χ4v) is 3.71. The average molecular weight is 409 g/mol. The zero-order chi connectivity index (χ0) is 16.7. The van der Waals surface area contributed by atoms with E-state index in [2.05, 4.69) is 35.9 Å². The van der Waals surface area contributed by atoms with Crippen molar-refractivity contribution < 1.29 is 4.74 Å². The van der Waals surface area contributed by atoms with Gasteiger partial charge in [-0.05, 0) is 33.6 Å². The number of hydrogen-bond donors (Lipinski definition) is 0. The van der Waals surface area contributed by atoms with Crippen LogP contribution in [0.3, 0.4) is 0 Å². The van der Waals surface area contributed by atoms with Crippen LogP contribution in [0.1, 0.15) is 11.7 Å². The van der Waals surface area contributed by atoms with Gasteiger partial charge in [0.25, 0.3) is 0 Å². The molecule has 0 saturated carbocycles. The summed E-state index contributed by atoms with van der Waals surface area (Å²) in [5, 5.41) is 6.04. The average Bonchev–Trinajstić information content (AvgIpc) is 2.90. The highest BCUT2D eigenvalue weighted by Crippen LogP contribution is 2.32. The number of rotatable bonds is 2. The van der Waals surface area contributed by atoms with Gasteiger partial charge in [-0.15, -0.1) is 0 Å². The quantitative estimate of drug-likeness (QED) is 0.651. The number of aryl methyl sites for hydroxylation is 1. The van der Waals surface area contributed by atoms with Crippen LogP contribution in [0.5, 0.6) is 0 Å². The predicted octanol–water partition coefficient (Wildman–Crippen LogP) is 3.36. The highest BCUT2D eigenvalue weighted by Gasteiger charge is 2.26. The van der Waals surface area contributed by atoms with Gasteiger partial charge in [0.05, 0.1) is 12.0 Å². The van der Waals surface area contributed by atoms with E-state index in [4.69, 9.17) is 16.3 Å². The Morgan fingerprint density at radius 2 is 2.04 bits per heavy atom. The molecule has 1 aromatic carbocycles. The molecule has 2 aromatic heterocycles. The molecule has 4 rings (SSSR count). The van der Waals surface area contributed by atoms with Crippen molar-refractivity contribution in [1.82, 2.24) is 19.7 Å². The minimum atomic E-state index is -0.0171. The lowest BCUT2D eigenvalue weighted by Gasteiger charge is -2.34. The smallest absolute Gasteiger partial charge is 0.164 e. The van der Waals surface area contributed by atoms with Crippen molar-refractivity contribution in [3.05, 3.63) is 45.8 Å². The Morgan fingerprint density at radius 1 is 1.25 bits per heavy atom. The number of benzene rings is 1. The Kier molecular flexibility index (Phi) is 4.15. The van der Waals surface area contributed by atoms with Gasteiger partial charge in [0.1, 0.15) is 22.9 Å². The summed E-state index contributed by atoms with van der Waals surface area (Å²) in [6, 6.07) is 7.79. The van der Waals surface area contributed by atoms with Crippen LogP contribution >= 0.6 is 27.5 Å². The number of halogens is 2. The van der Waals surface area contributed by atoms with Crippen molar-refractivity contribution >= 4 is 44.4 Å². The fourth-order valence-electron chi connectivity index (χ4n) is 2.99. The molecule has 0 aliphatic carbocycles. The molecule has 1 aliphatic rings. The Balaban J connectivity index is 1.68. The normalized spacial score (nSPS) is 18.3. The molecule has 8 heteroatoms. The van der Waals surface area contributed by atoms with E-state index < -0.39 is 0 Å². The van der Waals surface area contributed by atoms with Gasteiger partial charge in [-0.1, -0.05) is 23.7 Å². The Labute approximate surface area is 152 Å². The van der Waals surface area contributed by atoms with Gasteiger partial charge < -0.3 is 9.64 Å². The van der Waals surface area contributed by atoms with E-state index in [0.717, 1.165) is 45.1 Å². The minimum absolute atomic E-state index is 0.0171. The van der Waals surface area contributed by atoms with Gasteiger partial charge >= 0.3 is 0 Å². The molecule has 124 valence electrons. The van der Waals surface area contributed by atoms with Crippen molar-refractivity contribution in [3.63, 3.8) is 0 Å². The number of aromatic nitrogens is 4. The van der Waals surface area contributed by atoms with Crippen LogP contribution in [0.2, 0.25) is 5.02 Å². The standard InChI is InChI=1S/C16H15BrClN5O/c1-22-15-13(14(17)21-22)16(20-9-19-15)23-6-7-24-12(8-23)10-2-4-11(18)5-3-10/h2-5,9,12H,6-8H2,1H3. The van der Waals surface area contributed by atoms with E-state index in [1.54, 1.807) is 11.0 Å². The van der Waals surface area contributed by atoms with Crippen LogP contribution in [0.15, 0.2) is 35.2 Å². The lowest BCUT2D eigenvalue weighted by Crippen LogP contribution is -2.39. The zero-order valence-corrected chi connectivity index (χ0v) is 15.3. The van der Waals surface area contributed by atoms with Crippen LogP contribution in [0, 0.1) is 0 Å². The van der Waals surface area contributed by atoms with E-state index in [1.165, 1.54) is 0 Å². The molecule has 6 nitrogen and oxygen atoms in total. The molecule has 0 N–H and O–H groups in total. The SMILES string of the molecule is Cn1nc(Br)c2c(N3CCOC(c4ccc(Cl)cc4)C3)ncnc21. The summed E-state index contributed by atoms with van der Waals surface area (Å²) >= 11 is 9.50. The summed E-state index contributed by atoms with van der Waals surface area (Å²) in [5.74, 6) is 0.877. The van der Waals surface area contributed by atoms with Crippen molar-refractivity contribution in [2.45, 2.75) is 6.10 Å². The number of nitrogens with zero attached hydrogens (tertiary/aromatic N) is 5. The molecule has 0 amide bonds. The number of hydrogen-bond acceptors (Lipinski definition) is 5. The van der Waals surface area contributed by atoms with Gasteiger partial charge in [0.2, 0.25) is 0 Å². The summed E-state index contributed by atoms with van der Waals surface area (Å²) in [7, 11) is 1.87. The molecule has 1 fully saturated rings. The zero-order valence-electron chi connectivity index (χ0n) is 13.0. The molecular weight excluding hydrogens is 394 g/mol. The van der Waals surface area contributed by atoms with Crippen LogP contribution in [-0.4, -0.2) is 39.4 Å². The summed E-state index contributed by atoms with van der Waals surface area (Å²) < 4.78 is 8.45. The highest BCUT2D eigenvalue weighted by molar-refractivity contribution is 9.10. The lowest BCUT2D eigenvalue weighted by molar-refractivity contribution is 0.0396. The molecule has 1 saturated heterocycles. The first-order valence-electron chi connectivity index (χ1n) is 7.58. The summed E-state index contributed by atoms with van der Waals surface area (Å²) in [6.07, 6.45) is 1.56. The Bertz CT molecular complexity index is 882. The van der Waals surface area contributed by atoms with Crippen LogP contribution in [0.25, 0.3) is 11.0 Å². The Hall–Kier alpha value is -1.70. The molecule has 0 radical (unpaired) electrons. The molecule has 1 aliphatic heterocycles. The van der Waals surface area contributed by atoms with Gasteiger partial charge in [0.15, 0.2) is 5.65 Å². The number of ether oxygens (including phenoxy) is 1. The highest BCUT2D eigenvalue weighted by atomic mass is 79.9. The van der Waals surface area contributed by atoms with E-state index in [-0.39, 0.29) is 6.10 Å². The molecule has 24 heavy (non-hydrogen) atoms. The van der Waals surface area contributed by atoms with E-state index in [9.17, 15) is 0 Å². The monoisotopic (exact) mass is 407 g/mol. The first-order chi connectivity index (χ1) is 11.6. The van der Waals surface area contributed by atoms with Gasteiger partial charge in [-0.2, -0.15) is 5.10 Å². The van der Waals surface area contributed by atoms with Crippen LogP contribution in [-0.2, 0) is 11.8 Å². The lowest BCUT2D eigenvalue weighted by atomic mass is 10.1. The second-order valence-corrected chi connectivity index (χ2v) is 6.85. The molecule has 3 heterocycles. The van der Waals surface area contributed by atoms with Gasteiger partial charge in [0, 0.05) is 25.2 Å². The largest absolute Gasteiger partial charge is 0.370 e. The van der Waals surface area contributed by atoms with E-state index >= 15 is 0 Å². The van der Waals surface area contributed by atoms with Crippen LogP contribution < -0.4 is 4.90 Å². The summed E-state index contributed by atoms with van der Waals surface area (Å²) in [6.45, 7) is 2.13. The maximum atomic E-state index is 5.98. The summed E-state index contributed by atoms with van der Waals surface area (Å²) in [4.78, 5) is 11.1. The molecule has 1 atom stereocenters. The molecule has 3 aromatic rings. The van der Waals surface area contributed by atoms with Gasteiger partial charge in [-0.25, -0.2) is 14.6 Å². The van der Waals surface area contributed by atoms with E-state index in [0.29, 0.717) is 6.61 Å². The third kappa shape index (κ3) is 2.76. The maximum Gasteiger partial charge on any atom is 0.164 e. The second kappa shape index (κ2) is 6.31. The van der Waals surface area contributed by atoms with Crippen molar-refractivity contribution in [2.75, 3.05) is 24.6 Å². The predicted molar refractivity (Wildman–Crippen MR) is 96.4 cm³/mol. The first-order valence-corrected chi connectivity index (χ1v) is 8.76. The maximum absolute atomic E-state index is 5.98. The second-order valence-electron chi connectivity index (χ2n) is 5.67. The topological polar surface area (TPSA) is 56.1 Å². The molecule has 1 unspecified atom stereocenters. The fraction of sp³-hybridized carbons (Fsp3) is 0.312. The molecule has 0 spiro atoms. The van der Waals surface area contributed by atoms with Crippen LogP contribution in [0.4, 0.5) is 5.82 Å². The number of fused-ring (bicyclic) bond motifs is 1. The number of morpholine rings is 1. The van der Waals surface area contributed by atoms with Crippen molar-refractivity contribution in [1.29, 1.82) is 0 Å². The Morgan fingerprint density at radius 3 is 2.83 bits per heavy atom. The third-order valence-electron chi connectivity index (χ3n) is 4.17. The summed E-state index contributed by atoms with van der Waals surface area (Å²) in [5.41, 5.74) is 1.92. The number of anilines is 1. The molecule has 0 bridgehead atoms. The first kappa shape index (κ1) is 15.8. The van der Waals surface area contributed by atoms with Crippen molar-refractivity contribution in [3.8, 4) is 0 Å². The minimum Gasteiger partial charge on any atom is -0.370 e. The van der Waals surface area contributed by atoms with Gasteiger partial charge in [-0.3, -0.25) is 0 Å².